The van der Waals surface area contributed by atoms with Gasteiger partial charge in [0, 0.05) is 12.1 Å². The van der Waals surface area contributed by atoms with Gasteiger partial charge in [0.25, 0.3) is 5.91 Å². The molecule has 27 heavy (non-hydrogen) atoms. The van der Waals surface area contributed by atoms with E-state index in [1.807, 2.05) is 24.3 Å². The number of nitrogens with one attached hydrogen (secondary N) is 1. The van der Waals surface area contributed by atoms with Gasteiger partial charge < -0.3 is 10.1 Å². The second-order valence-corrected chi connectivity index (χ2v) is 7.26. The number of nitrogens with zero attached hydrogens (tertiary/aromatic N) is 1. The van der Waals surface area contributed by atoms with Gasteiger partial charge >= 0.3 is 0 Å². The fraction of sp³-hybridized carbons (Fsp3) is 0.435. The van der Waals surface area contributed by atoms with E-state index in [9.17, 15) is 4.79 Å². The lowest BCUT2D eigenvalue weighted by Gasteiger charge is -2.28. The first kappa shape index (κ1) is 19.4. The summed E-state index contributed by atoms with van der Waals surface area (Å²) in [5, 5.41) is 3.14. The van der Waals surface area contributed by atoms with Crippen LogP contribution in [0.1, 0.15) is 53.7 Å². The Morgan fingerprint density at radius 1 is 1.15 bits per heavy atom. The molecule has 144 valence electrons. The van der Waals surface area contributed by atoms with Crippen molar-refractivity contribution in [3.8, 4) is 5.75 Å². The molecule has 4 nitrogen and oxygen atoms in total. The molecule has 1 unspecified atom stereocenters. The summed E-state index contributed by atoms with van der Waals surface area (Å²) in [6.45, 7) is 7.63. The molecule has 1 saturated heterocycles. The summed E-state index contributed by atoms with van der Waals surface area (Å²) >= 11 is 0. The molecule has 0 aromatic heterocycles. The largest absolute Gasteiger partial charge is 0.494 e. The third kappa shape index (κ3) is 5.33. The standard InChI is InChI=1S/C23H30N2O2/c1-3-15-27-21-8-6-7-20(16-21)23(26)24-17-22(25-13-4-5-14-25)19-11-9-18(2)10-12-19/h6-12,16,22H,3-5,13-15,17H2,1-2H3,(H,24,26). The molecule has 4 heteroatoms. The predicted molar refractivity (Wildman–Crippen MR) is 109 cm³/mol. The first-order valence-corrected chi connectivity index (χ1v) is 9.99. The van der Waals surface area contributed by atoms with E-state index in [2.05, 4.69) is 48.3 Å². The minimum atomic E-state index is -0.0479. The van der Waals surface area contributed by atoms with Gasteiger partial charge in [0.2, 0.25) is 0 Å². The lowest BCUT2D eigenvalue weighted by molar-refractivity contribution is 0.0937. The lowest BCUT2D eigenvalue weighted by Crippen LogP contribution is -2.36. The summed E-state index contributed by atoms with van der Waals surface area (Å²) in [5.74, 6) is 0.701. The van der Waals surface area contributed by atoms with E-state index >= 15 is 0 Å². The van der Waals surface area contributed by atoms with Crippen LogP contribution in [0, 0.1) is 6.92 Å². The highest BCUT2D eigenvalue weighted by molar-refractivity contribution is 5.94. The Labute approximate surface area is 162 Å². The summed E-state index contributed by atoms with van der Waals surface area (Å²) in [7, 11) is 0. The Kier molecular flexibility index (Phi) is 6.88. The SMILES string of the molecule is CCCOc1cccc(C(=O)NCC(c2ccc(C)cc2)N2CCCC2)c1. The van der Waals surface area contributed by atoms with Gasteiger partial charge in [-0.05, 0) is 63.0 Å². The van der Waals surface area contributed by atoms with Crippen molar-refractivity contribution in [1.29, 1.82) is 0 Å². The molecule has 0 saturated carbocycles. The average Bonchev–Trinajstić information content (AvgIpc) is 3.22. The molecule has 1 amide bonds. The zero-order chi connectivity index (χ0) is 19.1. The molecule has 2 aromatic carbocycles. The van der Waals surface area contributed by atoms with Crippen molar-refractivity contribution in [3.05, 3.63) is 65.2 Å². The van der Waals surface area contributed by atoms with Crippen LogP contribution in [0.5, 0.6) is 5.75 Å². The predicted octanol–water partition coefficient (Wildman–Crippen LogP) is 4.35. The lowest BCUT2D eigenvalue weighted by atomic mass is 10.0. The van der Waals surface area contributed by atoms with Gasteiger partial charge in [-0.15, -0.1) is 0 Å². The summed E-state index contributed by atoms with van der Waals surface area (Å²) < 4.78 is 5.65. The van der Waals surface area contributed by atoms with Crippen molar-refractivity contribution in [2.45, 2.75) is 39.2 Å². The van der Waals surface area contributed by atoms with Crippen molar-refractivity contribution >= 4 is 5.91 Å². The maximum atomic E-state index is 12.7. The summed E-state index contributed by atoms with van der Waals surface area (Å²) in [5.41, 5.74) is 3.17. The first-order chi connectivity index (χ1) is 13.2. The van der Waals surface area contributed by atoms with Gasteiger partial charge in [-0.25, -0.2) is 0 Å². The molecular formula is C23H30N2O2. The number of likely N-dealkylation sites (tertiary alicyclic amines) is 1. The first-order valence-electron chi connectivity index (χ1n) is 9.99. The van der Waals surface area contributed by atoms with Gasteiger partial charge in [0.15, 0.2) is 0 Å². The minimum Gasteiger partial charge on any atom is -0.494 e. The van der Waals surface area contributed by atoms with Crippen molar-refractivity contribution in [3.63, 3.8) is 0 Å². The number of benzene rings is 2. The Morgan fingerprint density at radius 2 is 1.89 bits per heavy atom. The van der Waals surface area contributed by atoms with Crippen LogP contribution in [-0.4, -0.2) is 37.0 Å². The molecule has 1 heterocycles. The Hall–Kier alpha value is -2.33. The van der Waals surface area contributed by atoms with E-state index in [1.54, 1.807) is 0 Å². The Morgan fingerprint density at radius 3 is 2.59 bits per heavy atom. The molecule has 0 radical (unpaired) electrons. The second kappa shape index (κ2) is 9.56. The highest BCUT2D eigenvalue weighted by atomic mass is 16.5. The van der Waals surface area contributed by atoms with E-state index in [0.717, 1.165) is 25.3 Å². The van der Waals surface area contributed by atoms with Crippen LogP contribution in [0.15, 0.2) is 48.5 Å². The highest BCUT2D eigenvalue weighted by Crippen LogP contribution is 2.25. The number of aryl methyl sites for hydroxylation is 1. The van der Waals surface area contributed by atoms with E-state index < -0.39 is 0 Å². The van der Waals surface area contributed by atoms with Crippen LogP contribution in [0.25, 0.3) is 0 Å². The van der Waals surface area contributed by atoms with Crippen molar-refractivity contribution in [1.82, 2.24) is 10.2 Å². The van der Waals surface area contributed by atoms with Gasteiger partial charge in [-0.2, -0.15) is 0 Å². The summed E-state index contributed by atoms with van der Waals surface area (Å²) in [6.07, 6.45) is 3.41. The van der Waals surface area contributed by atoms with Crippen LogP contribution in [0.2, 0.25) is 0 Å². The van der Waals surface area contributed by atoms with E-state index in [1.165, 1.54) is 24.0 Å². The molecule has 2 aromatic rings. The zero-order valence-corrected chi connectivity index (χ0v) is 16.4. The van der Waals surface area contributed by atoms with Crippen molar-refractivity contribution in [2.24, 2.45) is 0 Å². The van der Waals surface area contributed by atoms with Crippen LogP contribution < -0.4 is 10.1 Å². The number of amides is 1. The topological polar surface area (TPSA) is 41.6 Å². The molecule has 0 bridgehead atoms. The summed E-state index contributed by atoms with van der Waals surface area (Å²) in [4.78, 5) is 15.2. The Bertz CT molecular complexity index is 736. The molecule has 1 aliphatic rings. The zero-order valence-electron chi connectivity index (χ0n) is 16.4. The molecule has 0 aliphatic carbocycles. The number of ether oxygens (including phenoxy) is 1. The van der Waals surface area contributed by atoms with Gasteiger partial charge in [-0.3, -0.25) is 9.69 Å². The maximum Gasteiger partial charge on any atom is 0.251 e. The average molecular weight is 367 g/mol. The second-order valence-electron chi connectivity index (χ2n) is 7.26. The number of hydrogen-bond acceptors (Lipinski definition) is 3. The molecule has 1 fully saturated rings. The molecule has 1 aliphatic heterocycles. The summed E-state index contributed by atoms with van der Waals surface area (Å²) in [6, 6.07) is 16.3. The molecular weight excluding hydrogens is 336 g/mol. The fourth-order valence-electron chi connectivity index (χ4n) is 3.54. The van der Waals surface area contributed by atoms with E-state index in [4.69, 9.17) is 4.74 Å². The molecule has 1 atom stereocenters. The quantitative estimate of drug-likeness (QED) is 0.755. The van der Waals surface area contributed by atoms with E-state index in [0.29, 0.717) is 18.7 Å². The number of carbonyl (C=O) groups is 1. The normalized spacial score (nSPS) is 15.5. The molecule has 0 spiro atoms. The van der Waals surface area contributed by atoms with Crippen LogP contribution in [0.3, 0.4) is 0 Å². The van der Waals surface area contributed by atoms with Crippen molar-refractivity contribution in [2.75, 3.05) is 26.2 Å². The number of hydrogen-bond donors (Lipinski definition) is 1. The number of carbonyl (C=O) groups excluding carboxylic acids is 1. The van der Waals surface area contributed by atoms with Crippen LogP contribution >= 0.6 is 0 Å². The van der Waals surface area contributed by atoms with Crippen molar-refractivity contribution < 1.29 is 9.53 Å². The fourth-order valence-corrected chi connectivity index (χ4v) is 3.54. The third-order valence-electron chi connectivity index (χ3n) is 5.07. The third-order valence-corrected chi connectivity index (χ3v) is 5.07. The monoisotopic (exact) mass is 366 g/mol. The van der Waals surface area contributed by atoms with E-state index in [-0.39, 0.29) is 11.9 Å². The van der Waals surface area contributed by atoms with Gasteiger partial charge in [0.05, 0.1) is 12.6 Å². The maximum absolute atomic E-state index is 12.7. The smallest absolute Gasteiger partial charge is 0.251 e. The highest BCUT2D eigenvalue weighted by Gasteiger charge is 2.24. The van der Waals surface area contributed by atoms with Crippen LogP contribution in [0.4, 0.5) is 0 Å². The van der Waals surface area contributed by atoms with Gasteiger partial charge in [0.1, 0.15) is 5.75 Å². The van der Waals surface area contributed by atoms with Gasteiger partial charge in [-0.1, -0.05) is 42.8 Å². The minimum absolute atomic E-state index is 0.0479. The molecule has 1 N–H and O–H groups in total. The Balaban J connectivity index is 1.67. The number of rotatable bonds is 8. The van der Waals surface area contributed by atoms with Crippen LogP contribution in [-0.2, 0) is 0 Å². The molecule has 3 rings (SSSR count).